The van der Waals surface area contributed by atoms with Crippen molar-refractivity contribution in [2.45, 2.75) is 330 Å². The number of ether oxygens (including phenoxy) is 3. The van der Waals surface area contributed by atoms with Gasteiger partial charge in [-0.2, -0.15) is 0 Å². The first-order chi connectivity index (χ1) is 31.2. The van der Waals surface area contributed by atoms with Gasteiger partial charge in [-0.05, 0) is 31.1 Å². The van der Waals surface area contributed by atoms with Crippen molar-refractivity contribution in [1.29, 1.82) is 0 Å². The first-order valence-electron chi connectivity index (χ1n) is 28.7. The van der Waals surface area contributed by atoms with Gasteiger partial charge in [-0.1, -0.05) is 285 Å². The monoisotopic (exact) mass is 905 g/mol. The van der Waals surface area contributed by atoms with E-state index in [-0.39, 0.29) is 31.1 Å². The molecule has 1 atom stereocenters. The van der Waals surface area contributed by atoms with E-state index in [4.69, 9.17) is 14.2 Å². The summed E-state index contributed by atoms with van der Waals surface area (Å²) in [6.45, 7) is 11.4. The van der Waals surface area contributed by atoms with Crippen LogP contribution in [0.5, 0.6) is 0 Å². The van der Waals surface area contributed by atoms with Crippen molar-refractivity contribution in [3.63, 3.8) is 0 Å². The van der Waals surface area contributed by atoms with Gasteiger partial charge in [-0.25, -0.2) is 0 Å². The summed E-state index contributed by atoms with van der Waals surface area (Å²) in [6.07, 6.45) is 53.8. The molecule has 0 aromatic rings. The van der Waals surface area contributed by atoms with Crippen molar-refractivity contribution in [2.75, 3.05) is 13.2 Å². The second kappa shape index (κ2) is 50.8. The van der Waals surface area contributed by atoms with Gasteiger partial charge < -0.3 is 14.2 Å². The maximum atomic E-state index is 12.8. The van der Waals surface area contributed by atoms with Gasteiger partial charge in [0.15, 0.2) is 6.10 Å². The zero-order valence-corrected chi connectivity index (χ0v) is 43.9. The molecule has 0 N–H and O–H groups in total. The highest BCUT2D eigenvalue weighted by Gasteiger charge is 2.19. The van der Waals surface area contributed by atoms with Crippen molar-refractivity contribution in [3.05, 3.63) is 0 Å². The summed E-state index contributed by atoms with van der Waals surface area (Å²) in [7, 11) is 0. The maximum absolute atomic E-state index is 12.8. The van der Waals surface area contributed by atoms with E-state index < -0.39 is 6.10 Å². The summed E-state index contributed by atoms with van der Waals surface area (Å²) in [5, 5.41) is 0. The molecule has 6 heteroatoms. The van der Waals surface area contributed by atoms with Gasteiger partial charge in [0.25, 0.3) is 0 Å². The van der Waals surface area contributed by atoms with Crippen LogP contribution in [0.15, 0.2) is 0 Å². The van der Waals surface area contributed by atoms with Crippen LogP contribution in [0.2, 0.25) is 0 Å². The van der Waals surface area contributed by atoms with E-state index in [1.807, 2.05) is 0 Å². The average Bonchev–Trinajstić information content (AvgIpc) is 3.27. The Morgan fingerprint density at radius 1 is 0.297 bits per heavy atom. The summed E-state index contributed by atoms with van der Waals surface area (Å²) in [5.41, 5.74) is 0. The fourth-order valence-electron chi connectivity index (χ4n) is 8.87. The third kappa shape index (κ3) is 51.4. The summed E-state index contributed by atoms with van der Waals surface area (Å²) in [4.78, 5) is 38.1. The van der Waals surface area contributed by atoms with Crippen LogP contribution in [0, 0.1) is 11.8 Å². The number of hydrogen-bond acceptors (Lipinski definition) is 6. The first-order valence-corrected chi connectivity index (χ1v) is 28.7. The molecule has 0 unspecified atom stereocenters. The average molecular weight is 906 g/mol. The second-order valence-corrected chi connectivity index (χ2v) is 20.9. The van der Waals surface area contributed by atoms with Gasteiger partial charge in [-0.15, -0.1) is 0 Å². The molecule has 6 nitrogen and oxygen atoms in total. The lowest BCUT2D eigenvalue weighted by atomic mass is 10.0. The molecule has 0 saturated heterocycles. The topological polar surface area (TPSA) is 78.9 Å². The highest BCUT2D eigenvalue weighted by molar-refractivity contribution is 5.71. The molecule has 380 valence electrons. The van der Waals surface area contributed by atoms with Crippen LogP contribution >= 0.6 is 0 Å². The van der Waals surface area contributed by atoms with Crippen LogP contribution in [-0.4, -0.2) is 37.2 Å². The van der Waals surface area contributed by atoms with E-state index >= 15 is 0 Å². The highest BCUT2D eigenvalue weighted by atomic mass is 16.6. The standard InChI is InChI=1S/C58H112O6/c1-6-7-8-9-10-11-12-23-28-33-38-43-48-56(59)62-51-55(64-58(61)50-45-40-35-30-25-20-16-18-22-27-32-37-42-47-54(4)5)52-63-57(60)49-44-39-34-29-24-19-15-13-14-17-21-26-31-36-41-46-53(2)3/h53-55H,6-52H2,1-5H3/t55-/m0/s1. The molecule has 0 radical (unpaired) electrons. The first kappa shape index (κ1) is 62.4. The minimum atomic E-state index is -0.762. The summed E-state index contributed by atoms with van der Waals surface area (Å²) in [5.74, 6) is 0.848. The van der Waals surface area contributed by atoms with Gasteiger partial charge in [0, 0.05) is 19.3 Å². The van der Waals surface area contributed by atoms with Crippen LogP contribution in [-0.2, 0) is 28.6 Å². The van der Waals surface area contributed by atoms with E-state index in [9.17, 15) is 14.4 Å². The summed E-state index contributed by atoms with van der Waals surface area (Å²) >= 11 is 0. The van der Waals surface area contributed by atoms with Crippen molar-refractivity contribution >= 4 is 17.9 Å². The maximum Gasteiger partial charge on any atom is 0.306 e. The zero-order chi connectivity index (χ0) is 46.8. The molecular weight excluding hydrogens is 793 g/mol. The number of rotatable bonds is 52. The fraction of sp³-hybridized carbons (Fsp3) is 0.948. The van der Waals surface area contributed by atoms with Crippen LogP contribution < -0.4 is 0 Å². The summed E-state index contributed by atoms with van der Waals surface area (Å²) < 4.78 is 16.9. The molecule has 0 fully saturated rings. The van der Waals surface area contributed by atoms with Crippen LogP contribution in [0.1, 0.15) is 324 Å². The molecule has 0 aromatic heterocycles. The Balaban J connectivity index is 4.28. The number of carbonyl (C=O) groups is 3. The van der Waals surface area contributed by atoms with E-state index in [0.717, 1.165) is 69.6 Å². The third-order valence-electron chi connectivity index (χ3n) is 13.2. The Morgan fingerprint density at radius 3 is 0.766 bits per heavy atom. The van der Waals surface area contributed by atoms with Crippen LogP contribution in [0.25, 0.3) is 0 Å². The fourth-order valence-corrected chi connectivity index (χ4v) is 8.87. The molecule has 0 saturated carbocycles. The van der Waals surface area contributed by atoms with Gasteiger partial charge in [0.1, 0.15) is 13.2 Å². The van der Waals surface area contributed by atoms with Gasteiger partial charge in [-0.3, -0.25) is 14.4 Å². The summed E-state index contributed by atoms with van der Waals surface area (Å²) in [6, 6.07) is 0. The number of unbranched alkanes of at least 4 members (excludes halogenated alkanes) is 37. The number of carbonyl (C=O) groups excluding carboxylic acids is 3. The largest absolute Gasteiger partial charge is 0.462 e. The normalized spacial score (nSPS) is 12.0. The van der Waals surface area contributed by atoms with E-state index in [0.29, 0.717) is 19.3 Å². The molecule has 0 spiro atoms. The second-order valence-electron chi connectivity index (χ2n) is 20.9. The highest BCUT2D eigenvalue weighted by Crippen LogP contribution is 2.18. The molecule has 64 heavy (non-hydrogen) atoms. The van der Waals surface area contributed by atoms with Crippen molar-refractivity contribution in [3.8, 4) is 0 Å². The lowest BCUT2D eigenvalue weighted by Crippen LogP contribution is -2.30. The van der Waals surface area contributed by atoms with Gasteiger partial charge in [0.05, 0.1) is 0 Å². The predicted octanol–water partition coefficient (Wildman–Crippen LogP) is 18.9. The predicted molar refractivity (Wildman–Crippen MR) is 275 cm³/mol. The van der Waals surface area contributed by atoms with E-state index in [1.165, 1.54) is 212 Å². The minimum Gasteiger partial charge on any atom is -0.462 e. The Labute approximate surface area is 399 Å². The van der Waals surface area contributed by atoms with Crippen molar-refractivity contribution < 1.29 is 28.6 Å². The van der Waals surface area contributed by atoms with Gasteiger partial charge in [0.2, 0.25) is 0 Å². The third-order valence-corrected chi connectivity index (χ3v) is 13.2. The quantitative estimate of drug-likeness (QED) is 0.0344. The van der Waals surface area contributed by atoms with E-state index in [1.54, 1.807) is 0 Å². The molecule has 0 bridgehead atoms. The van der Waals surface area contributed by atoms with Crippen molar-refractivity contribution in [1.82, 2.24) is 0 Å². The molecule has 0 aliphatic heterocycles. The molecule has 0 amide bonds. The Hall–Kier alpha value is -1.59. The van der Waals surface area contributed by atoms with Crippen molar-refractivity contribution in [2.24, 2.45) is 11.8 Å². The molecule has 0 aromatic carbocycles. The molecule has 0 aliphatic rings. The lowest BCUT2D eigenvalue weighted by molar-refractivity contribution is -0.167. The lowest BCUT2D eigenvalue weighted by Gasteiger charge is -2.18. The minimum absolute atomic E-state index is 0.0626. The Bertz CT molecular complexity index is 978. The molecule has 0 rings (SSSR count). The molecular formula is C58H112O6. The van der Waals surface area contributed by atoms with Crippen LogP contribution in [0.4, 0.5) is 0 Å². The van der Waals surface area contributed by atoms with Gasteiger partial charge >= 0.3 is 17.9 Å². The van der Waals surface area contributed by atoms with E-state index in [2.05, 4.69) is 34.6 Å². The zero-order valence-electron chi connectivity index (χ0n) is 43.9. The number of esters is 3. The SMILES string of the molecule is CCCCCCCCCCCCCCC(=O)OC[C@@H](COC(=O)CCCCCCCCCCCCCCCCCC(C)C)OC(=O)CCCCCCCCCCCCCCCC(C)C. The smallest absolute Gasteiger partial charge is 0.306 e. The van der Waals surface area contributed by atoms with Crippen LogP contribution in [0.3, 0.4) is 0 Å². The Morgan fingerprint density at radius 2 is 0.516 bits per heavy atom. The molecule has 0 aliphatic carbocycles. The Kier molecular flexibility index (Phi) is 49.6. The number of hydrogen-bond donors (Lipinski definition) is 0. The molecule has 0 heterocycles.